The Balaban J connectivity index is 0.950. The minimum Gasteiger partial charge on any atom is -0.368 e. The van der Waals surface area contributed by atoms with Crippen molar-refractivity contribution in [2.75, 3.05) is 49.1 Å². The molecule has 0 saturated carbocycles. The van der Waals surface area contributed by atoms with Gasteiger partial charge in [-0.1, -0.05) is 0 Å². The lowest BCUT2D eigenvalue weighted by atomic mass is 10.0. The van der Waals surface area contributed by atoms with E-state index in [0.29, 0.717) is 50.7 Å². The average Bonchev–Trinajstić information content (AvgIpc) is 3.63. The highest BCUT2D eigenvalue weighted by Gasteiger charge is 2.45. The third-order valence-electron chi connectivity index (χ3n) is 9.51. The first-order chi connectivity index (χ1) is 24.0. The predicted octanol–water partition coefficient (Wildman–Crippen LogP) is 0.833. The SMILES string of the molecule is Cc1cc(Cc2nc(N3CCC[C@@H](NC(=O)N4CCN(c5ccc6c(c5)C(=O)N(C5CCC(=O)NC5=O)C6=O)CC4)C3)cnc2C(N)=O)sn1. The van der Waals surface area contributed by atoms with Crippen molar-refractivity contribution in [3.05, 3.63) is 63.5 Å². The molecule has 0 bridgehead atoms. The predicted molar refractivity (Wildman–Crippen MR) is 181 cm³/mol. The number of imide groups is 2. The highest BCUT2D eigenvalue weighted by atomic mass is 32.1. The first kappa shape index (κ1) is 33.1. The molecule has 7 amide bonds. The lowest BCUT2D eigenvalue weighted by molar-refractivity contribution is -0.136. The largest absolute Gasteiger partial charge is 0.368 e. The molecule has 2 aromatic heterocycles. The standard InChI is InChI=1S/C33H36N10O6S/c1-18-13-21(50-39-18)15-24-28(29(34)45)35-16-26(37-24)42-8-2-3-19(17-42)36-33(49)41-11-9-40(10-12-41)20-4-5-22-23(14-20)32(48)43(31(22)47)25-6-7-27(44)38-30(25)46/h4-5,13-14,16,19,25H,2-3,6-12,15,17H2,1H3,(H2,34,45)(H,36,49)(H,38,44,46)/t19-,25?/m1/s1. The number of primary amides is 1. The number of carbonyl (C=O) groups excluding carboxylic acids is 6. The van der Waals surface area contributed by atoms with E-state index in [9.17, 15) is 28.8 Å². The normalized spacial score (nSPS) is 21.0. The van der Waals surface area contributed by atoms with Crippen molar-refractivity contribution in [3.63, 3.8) is 0 Å². The fraction of sp³-hybridized carbons (Fsp3) is 0.424. The minimum absolute atomic E-state index is 0.0575. The lowest BCUT2D eigenvalue weighted by Gasteiger charge is -2.38. The van der Waals surface area contributed by atoms with Gasteiger partial charge in [0.05, 0.1) is 28.7 Å². The zero-order valence-electron chi connectivity index (χ0n) is 27.4. The van der Waals surface area contributed by atoms with E-state index >= 15 is 0 Å². The molecule has 260 valence electrons. The highest BCUT2D eigenvalue weighted by molar-refractivity contribution is 7.05. The number of rotatable bonds is 7. The number of carbonyl (C=O) groups is 6. The summed E-state index contributed by atoms with van der Waals surface area (Å²) in [7, 11) is 0. The summed E-state index contributed by atoms with van der Waals surface area (Å²) < 4.78 is 4.31. The van der Waals surface area contributed by atoms with Crippen molar-refractivity contribution in [2.45, 2.75) is 51.1 Å². The molecule has 1 unspecified atom stereocenters. The number of fused-ring (bicyclic) bond motifs is 1. The molecule has 3 aromatic rings. The summed E-state index contributed by atoms with van der Waals surface area (Å²) >= 11 is 1.35. The fourth-order valence-electron chi connectivity index (χ4n) is 6.96. The number of amides is 7. The van der Waals surface area contributed by atoms with E-state index in [-0.39, 0.29) is 41.7 Å². The summed E-state index contributed by atoms with van der Waals surface area (Å²) in [5.41, 5.74) is 8.30. The number of aromatic nitrogens is 3. The van der Waals surface area contributed by atoms with E-state index in [4.69, 9.17) is 10.7 Å². The molecule has 17 heteroatoms. The van der Waals surface area contributed by atoms with Crippen LogP contribution in [0.1, 0.15) is 73.2 Å². The van der Waals surface area contributed by atoms with Crippen LogP contribution in [0, 0.1) is 6.92 Å². The molecule has 2 atom stereocenters. The number of aryl methyl sites for hydroxylation is 1. The maximum Gasteiger partial charge on any atom is 0.317 e. The molecule has 7 rings (SSSR count). The number of nitrogens with one attached hydrogen (secondary N) is 2. The molecule has 0 spiro atoms. The number of piperidine rings is 2. The Kier molecular flexibility index (Phi) is 8.90. The maximum atomic E-state index is 13.3. The molecular formula is C33H36N10O6S. The molecule has 4 aliphatic heterocycles. The molecule has 1 aromatic carbocycles. The summed E-state index contributed by atoms with van der Waals surface area (Å²) in [5.74, 6) is -2.19. The van der Waals surface area contributed by atoms with E-state index in [1.54, 1.807) is 29.3 Å². The van der Waals surface area contributed by atoms with Crippen LogP contribution in [0.25, 0.3) is 0 Å². The van der Waals surface area contributed by atoms with Crippen LogP contribution in [0.5, 0.6) is 0 Å². The van der Waals surface area contributed by atoms with Gasteiger partial charge in [-0.05, 0) is 62.0 Å². The van der Waals surface area contributed by atoms with Gasteiger partial charge >= 0.3 is 6.03 Å². The molecule has 0 radical (unpaired) electrons. The van der Waals surface area contributed by atoms with E-state index in [2.05, 4.69) is 29.8 Å². The van der Waals surface area contributed by atoms with Gasteiger partial charge < -0.3 is 25.8 Å². The van der Waals surface area contributed by atoms with Gasteiger partial charge in [0.25, 0.3) is 17.7 Å². The van der Waals surface area contributed by atoms with Gasteiger partial charge in [-0.15, -0.1) is 0 Å². The van der Waals surface area contributed by atoms with Crippen molar-refractivity contribution in [1.29, 1.82) is 0 Å². The Morgan fingerprint density at radius 1 is 1.00 bits per heavy atom. The first-order valence-corrected chi connectivity index (χ1v) is 17.3. The van der Waals surface area contributed by atoms with Crippen LogP contribution in [0.3, 0.4) is 0 Å². The molecule has 3 saturated heterocycles. The smallest absolute Gasteiger partial charge is 0.317 e. The van der Waals surface area contributed by atoms with Crippen LogP contribution in [0.15, 0.2) is 30.5 Å². The summed E-state index contributed by atoms with van der Waals surface area (Å²) in [4.78, 5) is 92.6. The number of anilines is 2. The summed E-state index contributed by atoms with van der Waals surface area (Å²) in [6.45, 7) is 5.12. The van der Waals surface area contributed by atoms with E-state index < -0.39 is 35.6 Å². The summed E-state index contributed by atoms with van der Waals surface area (Å²) in [5, 5.41) is 5.38. The number of nitrogens with two attached hydrogens (primary N) is 1. The number of hydrogen-bond donors (Lipinski definition) is 3. The monoisotopic (exact) mass is 700 g/mol. The Hall–Kier alpha value is -5.45. The zero-order chi connectivity index (χ0) is 35.1. The van der Waals surface area contributed by atoms with Crippen molar-refractivity contribution in [2.24, 2.45) is 5.73 Å². The van der Waals surface area contributed by atoms with E-state index in [1.165, 1.54) is 11.5 Å². The molecule has 16 nitrogen and oxygen atoms in total. The van der Waals surface area contributed by atoms with Gasteiger partial charge in [0, 0.05) is 68.7 Å². The van der Waals surface area contributed by atoms with Crippen molar-refractivity contribution < 1.29 is 28.8 Å². The summed E-state index contributed by atoms with van der Waals surface area (Å²) in [6.07, 6.45) is 3.74. The van der Waals surface area contributed by atoms with Gasteiger partial charge in [0.15, 0.2) is 0 Å². The Bertz CT molecular complexity index is 1910. The highest BCUT2D eigenvalue weighted by Crippen LogP contribution is 2.31. The minimum atomic E-state index is -1.02. The number of piperazine rings is 1. The zero-order valence-corrected chi connectivity index (χ0v) is 28.2. The van der Waals surface area contributed by atoms with Crippen molar-refractivity contribution in [3.8, 4) is 0 Å². The van der Waals surface area contributed by atoms with Crippen LogP contribution >= 0.6 is 11.5 Å². The first-order valence-electron chi connectivity index (χ1n) is 16.5. The Morgan fingerprint density at radius 2 is 1.78 bits per heavy atom. The third kappa shape index (κ3) is 6.47. The molecule has 4 aliphatic rings. The number of benzene rings is 1. The number of nitrogens with zero attached hydrogens (tertiary/aromatic N) is 7. The molecule has 0 aliphatic carbocycles. The lowest BCUT2D eigenvalue weighted by Crippen LogP contribution is -2.56. The van der Waals surface area contributed by atoms with Gasteiger partial charge in [0.1, 0.15) is 17.6 Å². The second-order valence-corrected chi connectivity index (χ2v) is 13.8. The van der Waals surface area contributed by atoms with Crippen LogP contribution in [0.4, 0.5) is 16.3 Å². The van der Waals surface area contributed by atoms with Crippen molar-refractivity contribution >= 4 is 58.6 Å². The third-order valence-corrected chi connectivity index (χ3v) is 10.4. The van der Waals surface area contributed by atoms with Gasteiger partial charge in [-0.3, -0.25) is 34.2 Å². The second kappa shape index (κ2) is 13.5. The van der Waals surface area contributed by atoms with Crippen LogP contribution in [-0.4, -0.2) is 111 Å². The molecule has 4 N–H and O–H groups in total. The van der Waals surface area contributed by atoms with Gasteiger partial charge in [0.2, 0.25) is 11.8 Å². The molecule has 3 fully saturated rings. The Morgan fingerprint density at radius 3 is 2.50 bits per heavy atom. The fourth-order valence-corrected chi connectivity index (χ4v) is 7.69. The molecular weight excluding hydrogens is 664 g/mol. The molecule has 50 heavy (non-hydrogen) atoms. The van der Waals surface area contributed by atoms with Gasteiger partial charge in [-0.2, -0.15) is 4.37 Å². The van der Waals surface area contributed by atoms with E-state index in [1.807, 2.05) is 13.0 Å². The van der Waals surface area contributed by atoms with Gasteiger partial charge in [-0.25, -0.2) is 14.8 Å². The Labute approximate surface area is 291 Å². The molecule has 6 heterocycles. The quantitative estimate of drug-likeness (QED) is 0.295. The maximum absolute atomic E-state index is 13.3. The number of urea groups is 1. The summed E-state index contributed by atoms with van der Waals surface area (Å²) in [6, 6.07) is 5.68. The van der Waals surface area contributed by atoms with E-state index in [0.717, 1.165) is 40.5 Å². The number of hydrogen-bond acceptors (Lipinski definition) is 12. The topological polar surface area (TPSA) is 204 Å². The van der Waals surface area contributed by atoms with Crippen molar-refractivity contribution in [1.82, 2.24) is 34.8 Å². The average molecular weight is 701 g/mol. The van der Waals surface area contributed by atoms with Crippen LogP contribution < -0.4 is 26.2 Å². The van der Waals surface area contributed by atoms with Crippen LogP contribution in [0.2, 0.25) is 0 Å². The second-order valence-electron chi connectivity index (χ2n) is 12.9. The van der Waals surface area contributed by atoms with Crippen LogP contribution in [-0.2, 0) is 16.0 Å².